The molecule has 1 fully saturated rings. The second-order valence-electron chi connectivity index (χ2n) is 5.87. The van der Waals surface area contributed by atoms with Crippen LogP contribution in [-0.2, 0) is 4.79 Å². The van der Waals surface area contributed by atoms with Crippen LogP contribution in [0.3, 0.4) is 0 Å². The van der Waals surface area contributed by atoms with E-state index in [-0.39, 0.29) is 24.2 Å². The lowest BCUT2D eigenvalue weighted by atomic mass is 10.0. The molecule has 1 aliphatic heterocycles. The average Bonchev–Trinajstić information content (AvgIpc) is 2.52. The van der Waals surface area contributed by atoms with Crippen molar-refractivity contribution in [3.05, 3.63) is 35.4 Å². The van der Waals surface area contributed by atoms with Gasteiger partial charge in [0, 0.05) is 26.2 Å². The highest BCUT2D eigenvalue weighted by atomic mass is 35.5. The number of nitrogens with zero attached hydrogens (tertiary/aromatic N) is 1. The quantitative estimate of drug-likeness (QED) is 0.855. The average molecular weight is 362 g/mol. The molecule has 0 saturated carbocycles. The van der Waals surface area contributed by atoms with Crippen LogP contribution in [0.4, 0.5) is 8.78 Å². The first-order chi connectivity index (χ1) is 10.9. The van der Waals surface area contributed by atoms with E-state index in [1.54, 1.807) is 18.7 Å². The van der Waals surface area contributed by atoms with Crippen LogP contribution in [0.25, 0.3) is 0 Å². The first-order valence-electron chi connectivity index (χ1n) is 7.66. The molecule has 1 aliphatic rings. The second-order valence-corrected chi connectivity index (χ2v) is 5.87. The molecule has 8 heteroatoms. The van der Waals surface area contributed by atoms with Crippen molar-refractivity contribution in [3.8, 4) is 0 Å². The summed E-state index contributed by atoms with van der Waals surface area (Å²) in [5.74, 6) is -3.23. The molecule has 2 amide bonds. The summed E-state index contributed by atoms with van der Waals surface area (Å²) in [6.45, 7) is 6.03. The highest BCUT2D eigenvalue weighted by Crippen LogP contribution is 2.14. The zero-order chi connectivity index (χ0) is 17.0. The van der Waals surface area contributed by atoms with Gasteiger partial charge in [-0.15, -0.1) is 12.4 Å². The number of carbonyl (C=O) groups is 2. The fraction of sp³-hybridized carbons (Fsp3) is 0.500. The number of halogens is 3. The summed E-state index contributed by atoms with van der Waals surface area (Å²) >= 11 is 0. The van der Waals surface area contributed by atoms with Crippen molar-refractivity contribution in [2.24, 2.45) is 5.92 Å². The van der Waals surface area contributed by atoms with Crippen molar-refractivity contribution < 1.29 is 18.4 Å². The Labute approximate surface area is 146 Å². The molecule has 0 bridgehead atoms. The molecule has 1 heterocycles. The predicted octanol–water partition coefficient (Wildman–Crippen LogP) is 1.57. The fourth-order valence-electron chi connectivity index (χ4n) is 2.52. The number of rotatable bonds is 4. The summed E-state index contributed by atoms with van der Waals surface area (Å²) in [4.78, 5) is 26.4. The molecule has 5 nitrogen and oxygen atoms in total. The van der Waals surface area contributed by atoms with Crippen molar-refractivity contribution >= 4 is 24.2 Å². The van der Waals surface area contributed by atoms with Crippen LogP contribution in [0.15, 0.2) is 18.2 Å². The second kappa shape index (κ2) is 8.94. The van der Waals surface area contributed by atoms with E-state index >= 15 is 0 Å². The van der Waals surface area contributed by atoms with Gasteiger partial charge in [0.2, 0.25) is 5.91 Å². The first-order valence-corrected chi connectivity index (χ1v) is 7.66. The lowest BCUT2D eigenvalue weighted by molar-refractivity contribution is -0.134. The van der Waals surface area contributed by atoms with E-state index in [1.807, 2.05) is 0 Å². The van der Waals surface area contributed by atoms with Gasteiger partial charge in [0.25, 0.3) is 5.91 Å². The van der Waals surface area contributed by atoms with Crippen LogP contribution in [0.2, 0.25) is 0 Å². The molecular weight excluding hydrogens is 340 g/mol. The molecular formula is C16H22ClF2N3O2. The Bertz CT molecular complexity index is 572. The molecule has 1 aromatic carbocycles. The van der Waals surface area contributed by atoms with Gasteiger partial charge >= 0.3 is 0 Å². The van der Waals surface area contributed by atoms with Crippen LogP contribution in [0, 0.1) is 17.6 Å². The molecule has 24 heavy (non-hydrogen) atoms. The number of benzene rings is 1. The first kappa shape index (κ1) is 20.3. The van der Waals surface area contributed by atoms with Gasteiger partial charge in [-0.3, -0.25) is 9.59 Å². The van der Waals surface area contributed by atoms with Crippen molar-refractivity contribution in [2.75, 3.05) is 26.2 Å². The highest BCUT2D eigenvalue weighted by molar-refractivity contribution is 5.98. The third-order valence-electron chi connectivity index (χ3n) is 3.84. The molecule has 2 rings (SSSR count). The Morgan fingerprint density at radius 1 is 1.17 bits per heavy atom. The van der Waals surface area contributed by atoms with Crippen LogP contribution in [0.5, 0.6) is 0 Å². The Kier molecular flexibility index (Phi) is 7.57. The summed E-state index contributed by atoms with van der Waals surface area (Å²) in [5, 5.41) is 5.62. The molecule has 1 saturated heterocycles. The minimum absolute atomic E-state index is 0. The van der Waals surface area contributed by atoms with E-state index < -0.39 is 29.1 Å². The van der Waals surface area contributed by atoms with Crippen molar-refractivity contribution in [1.29, 1.82) is 0 Å². The Morgan fingerprint density at radius 3 is 2.21 bits per heavy atom. The van der Waals surface area contributed by atoms with E-state index in [0.29, 0.717) is 26.2 Å². The van der Waals surface area contributed by atoms with E-state index in [4.69, 9.17) is 0 Å². The van der Waals surface area contributed by atoms with E-state index in [1.165, 1.54) is 6.07 Å². The zero-order valence-corrected chi connectivity index (χ0v) is 14.5. The SMILES string of the molecule is CC(C)C(NC(=O)c1c(F)cccc1F)C(=O)N1CCNCC1.Cl. The third kappa shape index (κ3) is 4.64. The molecule has 0 spiro atoms. The van der Waals surface area contributed by atoms with Gasteiger partial charge < -0.3 is 15.5 Å². The van der Waals surface area contributed by atoms with Gasteiger partial charge in [0.15, 0.2) is 0 Å². The Hall–Kier alpha value is -1.73. The molecule has 1 atom stereocenters. The van der Waals surface area contributed by atoms with Crippen molar-refractivity contribution in [1.82, 2.24) is 15.5 Å². The number of hydrogen-bond acceptors (Lipinski definition) is 3. The van der Waals surface area contributed by atoms with Crippen LogP contribution >= 0.6 is 12.4 Å². The normalized spacial score (nSPS) is 15.6. The molecule has 0 aromatic heterocycles. The summed E-state index contributed by atoms with van der Waals surface area (Å²) < 4.78 is 27.4. The lowest BCUT2D eigenvalue weighted by Crippen LogP contribution is -2.55. The minimum Gasteiger partial charge on any atom is -0.340 e. The smallest absolute Gasteiger partial charge is 0.257 e. The molecule has 0 aliphatic carbocycles. The number of nitrogens with one attached hydrogen (secondary N) is 2. The van der Waals surface area contributed by atoms with Gasteiger partial charge in [-0.1, -0.05) is 19.9 Å². The monoisotopic (exact) mass is 361 g/mol. The molecule has 1 unspecified atom stereocenters. The van der Waals surface area contributed by atoms with Gasteiger partial charge in [-0.05, 0) is 18.1 Å². The fourth-order valence-corrected chi connectivity index (χ4v) is 2.52. The third-order valence-corrected chi connectivity index (χ3v) is 3.84. The zero-order valence-electron chi connectivity index (χ0n) is 13.6. The van der Waals surface area contributed by atoms with Crippen molar-refractivity contribution in [2.45, 2.75) is 19.9 Å². The lowest BCUT2D eigenvalue weighted by Gasteiger charge is -2.32. The largest absolute Gasteiger partial charge is 0.340 e. The van der Waals surface area contributed by atoms with Crippen LogP contribution in [-0.4, -0.2) is 48.9 Å². The van der Waals surface area contributed by atoms with Gasteiger partial charge in [-0.2, -0.15) is 0 Å². The Balaban J connectivity index is 0.00000288. The van der Waals surface area contributed by atoms with E-state index in [9.17, 15) is 18.4 Å². The Morgan fingerprint density at radius 2 is 1.71 bits per heavy atom. The van der Waals surface area contributed by atoms with E-state index in [0.717, 1.165) is 12.1 Å². The minimum atomic E-state index is -0.945. The van der Waals surface area contributed by atoms with Gasteiger partial charge in [0.05, 0.1) is 0 Å². The standard InChI is InChI=1S/C16H21F2N3O2.ClH/c1-10(2)14(16(23)21-8-6-19-7-9-21)20-15(22)13-11(17)4-3-5-12(13)18;/h3-5,10,14,19H,6-9H2,1-2H3,(H,20,22);1H. The number of piperazine rings is 1. The highest BCUT2D eigenvalue weighted by Gasteiger charge is 2.30. The van der Waals surface area contributed by atoms with Crippen LogP contribution < -0.4 is 10.6 Å². The van der Waals surface area contributed by atoms with E-state index in [2.05, 4.69) is 10.6 Å². The van der Waals surface area contributed by atoms with Crippen molar-refractivity contribution in [3.63, 3.8) is 0 Å². The topological polar surface area (TPSA) is 61.4 Å². The summed E-state index contributed by atoms with van der Waals surface area (Å²) in [6.07, 6.45) is 0. The molecule has 1 aromatic rings. The van der Waals surface area contributed by atoms with Gasteiger partial charge in [-0.25, -0.2) is 8.78 Å². The number of carbonyl (C=O) groups excluding carboxylic acids is 2. The van der Waals surface area contributed by atoms with Crippen LogP contribution in [0.1, 0.15) is 24.2 Å². The maximum Gasteiger partial charge on any atom is 0.257 e. The molecule has 134 valence electrons. The predicted molar refractivity (Wildman–Crippen MR) is 89.1 cm³/mol. The molecule has 0 radical (unpaired) electrons. The summed E-state index contributed by atoms with van der Waals surface area (Å²) in [5.41, 5.74) is -0.661. The number of hydrogen-bond donors (Lipinski definition) is 2. The molecule has 2 N–H and O–H groups in total. The summed E-state index contributed by atoms with van der Waals surface area (Å²) in [7, 11) is 0. The maximum absolute atomic E-state index is 13.7. The van der Waals surface area contributed by atoms with Gasteiger partial charge in [0.1, 0.15) is 23.2 Å². The maximum atomic E-state index is 13.7. The number of amides is 2. The summed E-state index contributed by atoms with van der Waals surface area (Å²) in [6, 6.07) is 2.40.